The monoisotopic (exact) mass is 285 g/mol. The van der Waals surface area contributed by atoms with E-state index in [1.165, 1.54) is 4.88 Å². The highest BCUT2D eigenvalue weighted by molar-refractivity contribution is 7.15. The van der Waals surface area contributed by atoms with Crippen LogP contribution < -0.4 is 5.73 Å². The molecule has 2 aromatic rings. The van der Waals surface area contributed by atoms with Crippen molar-refractivity contribution in [3.63, 3.8) is 0 Å². The van der Waals surface area contributed by atoms with Crippen LogP contribution in [0.25, 0.3) is 10.4 Å². The van der Waals surface area contributed by atoms with Crippen LogP contribution in [-0.4, -0.2) is 0 Å². The van der Waals surface area contributed by atoms with Crippen LogP contribution in [0.4, 0.5) is 0 Å². The van der Waals surface area contributed by atoms with Crippen molar-refractivity contribution in [2.24, 2.45) is 5.73 Å². The maximum atomic E-state index is 6.19. The minimum atomic E-state index is 0.103. The molecule has 1 nitrogen and oxygen atoms in total. The van der Waals surface area contributed by atoms with E-state index in [0.717, 1.165) is 16.9 Å². The van der Waals surface area contributed by atoms with Crippen molar-refractivity contribution in [1.82, 2.24) is 0 Å². The highest BCUT2D eigenvalue weighted by Gasteiger charge is 2.11. The largest absolute Gasteiger partial charge is 0.323 e. The number of benzene rings is 1. The van der Waals surface area contributed by atoms with E-state index in [0.29, 0.717) is 10.0 Å². The molecular formula is C13H13Cl2NS. The summed E-state index contributed by atoms with van der Waals surface area (Å²) in [4.78, 5) is 2.29. The fourth-order valence-corrected chi connectivity index (χ4v) is 3.17. The smallest absolute Gasteiger partial charge is 0.0678 e. The highest BCUT2D eigenvalue weighted by atomic mass is 35.5. The van der Waals surface area contributed by atoms with Crippen LogP contribution in [0.1, 0.15) is 24.3 Å². The van der Waals surface area contributed by atoms with E-state index < -0.39 is 0 Å². The quantitative estimate of drug-likeness (QED) is 0.831. The number of nitrogens with two attached hydrogens (primary N) is 1. The van der Waals surface area contributed by atoms with E-state index in [2.05, 4.69) is 13.0 Å². The van der Waals surface area contributed by atoms with Crippen LogP contribution in [0.2, 0.25) is 10.0 Å². The average molecular weight is 286 g/mol. The standard InChI is InChI=1S/C13H13Cl2NS/c1-2-10(16)12-7-6-11(17-12)8-4-3-5-9(14)13(8)15/h3-7,10H,2,16H2,1H3. The normalized spacial score (nSPS) is 12.7. The van der Waals surface area contributed by atoms with Crippen LogP contribution in [0.3, 0.4) is 0 Å². The predicted molar refractivity (Wildman–Crippen MR) is 77.0 cm³/mol. The van der Waals surface area contributed by atoms with E-state index in [1.807, 2.05) is 18.2 Å². The van der Waals surface area contributed by atoms with Gasteiger partial charge in [0.25, 0.3) is 0 Å². The molecule has 0 bridgehead atoms. The Hall–Kier alpha value is -0.540. The molecule has 2 N–H and O–H groups in total. The molecule has 1 aromatic carbocycles. The van der Waals surface area contributed by atoms with Gasteiger partial charge in [0, 0.05) is 21.4 Å². The summed E-state index contributed by atoms with van der Waals surface area (Å²) in [5, 5.41) is 1.19. The molecule has 17 heavy (non-hydrogen) atoms. The minimum absolute atomic E-state index is 0.103. The van der Waals surface area contributed by atoms with Gasteiger partial charge in [-0.25, -0.2) is 0 Å². The molecule has 0 aliphatic carbocycles. The Kier molecular flexibility index (Phi) is 4.10. The lowest BCUT2D eigenvalue weighted by atomic mass is 10.2. The SMILES string of the molecule is CCC(N)c1ccc(-c2cccc(Cl)c2Cl)s1. The average Bonchev–Trinajstić information content (AvgIpc) is 2.81. The predicted octanol–water partition coefficient (Wildman–Crippen LogP) is 5.13. The lowest BCUT2D eigenvalue weighted by Gasteiger charge is -2.05. The van der Waals surface area contributed by atoms with Crippen molar-refractivity contribution >= 4 is 34.5 Å². The third-order valence-corrected chi connectivity index (χ3v) is 4.72. The van der Waals surface area contributed by atoms with Crippen molar-refractivity contribution in [3.8, 4) is 10.4 Å². The molecule has 0 amide bonds. The Bertz CT molecular complexity index is 522. The van der Waals surface area contributed by atoms with Gasteiger partial charge in [-0.1, -0.05) is 42.3 Å². The van der Waals surface area contributed by atoms with Crippen LogP contribution in [0, 0.1) is 0 Å². The summed E-state index contributed by atoms with van der Waals surface area (Å²) in [5.41, 5.74) is 6.98. The van der Waals surface area contributed by atoms with Crippen molar-refractivity contribution in [2.45, 2.75) is 19.4 Å². The maximum Gasteiger partial charge on any atom is 0.0678 e. The number of thiophene rings is 1. The first kappa shape index (κ1) is 12.9. The first-order valence-corrected chi connectivity index (χ1v) is 7.00. The second kappa shape index (κ2) is 5.40. The third kappa shape index (κ3) is 2.66. The Morgan fingerprint density at radius 2 is 2.00 bits per heavy atom. The molecule has 4 heteroatoms. The van der Waals surface area contributed by atoms with Gasteiger partial charge in [0.1, 0.15) is 0 Å². The Balaban J connectivity index is 2.40. The minimum Gasteiger partial charge on any atom is -0.323 e. The van der Waals surface area contributed by atoms with Gasteiger partial charge in [0.2, 0.25) is 0 Å². The van der Waals surface area contributed by atoms with Crippen LogP contribution in [0.5, 0.6) is 0 Å². The Morgan fingerprint density at radius 1 is 1.24 bits per heavy atom. The van der Waals surface area contributed by atoms with Gasteiger partial charge < -0.3 is 5.73 Å². The summed E-state index contributed by atoms with van der Waals surface area (Å²) in [6.07, 6.45) is 0.934. The Labute approximate surface area is 115 Å². The van der Waals surface area contributed by atoms with Crippen LogP contribution >= 0.6 is 34.5 Å². The van der Waals surface area contributed by atoms with Crippen molar-refractivity contribution in [2.75, 3.05) is 0 Å². The number of halogens is 2. The number of rotatable bonds is 3. The lowest BCUT2D eigenvalue weighted by molar-refractivity contribution is 0.712. The van der Waals surface area contributed by atoms with Crippen molar-refractivity contribution in [3.05, 3.63) is 45.3 Å². The fraction of sp³-hybridized carbons (Fsp3) is 0.231. The Morgan fingerprint density at radius 3 is 2.71 bits per heavy atom. The summed E-state index contributed by atoms with van der Waals surface area (Å²) in [5.74, 6) is 0. The van der Waals surface area contributed by atoms with Crippen LogP contribution in [-0.2, 0) is 0 Å². The van der Waals surface area contributed by atoms with Crippen molar-refractivity contribution in [1.29, 1.82) is 0 Å². The molecule has 0 aliphatic heterocycles. The zero-order valence-corrected chi connectivity index (χ0v) is 11.7. The topological polar surface area (TPSA) is 26.0 Å². The molecule has 0 fully saturated rings. The van der Waals surface area contributed by atoms with E-state index in [1.54, 1.807) is 17.4 Å². The van der Waals surface area contributed by atoms with Crippen LogP contribution in [0.15, 0.2) is 30.3 Å². The summed E-state index contributed by atoms with van der Waals surface area (Å²) in [7, 11) is 0. The molecule has 0 saturated carbocycles. The van der Waals surface area contributed by atoms with Gasteiger partial charge in [0.05, 0.1) is 10.0 Å². The van der Waals surface area contributed by atoms with Gasteiger partial charge in [-0.05, 0) is 24.6 Å². The highest BCUT2D eigenvalue weighted by Crippen LogP contribution is 2.38. The van der Waals surface area contributed by atoms with Crippen molar-refractivity contribution < 1.29 is 0 Å². The maximum absolute atomic E-state index is 6.19. The first-order valence-electron chi connectivity index (χ1n) is 5.43. The third-order valence-electron chi connectivity index (χ3n) is 2.65. The summed E-state index contributed by atoms with van der Waals surface area (Å²) < 4.78 is 0. The molecule has 1 heterocycles. The summed E-state index contributed by atoms with van der Waals surface area (Å²) in [6.45, 7) is 2.08. The second-order valence-electron chi connectivity index (χ2n) is 3.82. The molecule has 1 aromatic heterocycles. The molecule has 0 saturated heterocycles. The molecule has 0 spiro atoms. The van der Waals surface area contributed by atoms with Gasteiger partial charge in [0.15, 0.2) is 0 Å². The van der Waals surface area contributed by atoms with Gasteiger partial charge in [-0.15, -0.1) is 11.3 Å². The zero-order valence-electron chi connectivity index (χ0n) is 9.41. The van der Waals surface area contributed by atoms with E-state index in [9.17, 15) is 0 Å². The molecule has 0 aliphatic rings. The summed E-state index contributed by atoms with van der Waals surface area (Å²) in [6, 6.07) is 9.88. The molecule has 90 valence electrons. The zero-order chi connectivity index (χ0) is 12.4. The number of hydrogen-bond donors (Lipinski definition) is 1. The molecule has 0 radical (unpaired) electrons. The number of hydrogen-bond acceptors (Lipinski definition) is 2. The molecule has 2 rings (SSSR count). The second-order valence-corrected chi connectivity index (χ2v) is 5.72. The van der Waals surface area contributed by atoms with Gasteiger partial charge >= 0.3 is 0 Å². The molecule has 1 atom stereocenters. The fourth-order valence-electron chi connectivity index (χ4n) is 1.59. The summed E-state index contributed by atoms with van der Waals surface area (Å²) >= 11 is 13.9. The first-order chi connectivity index (χ1) is 8.13. The van der Waals surface area contributed by atoms with Gasteiger partial charge in [-0.3, -0.25) is 0 Å². The van der Waals surface area contributed by atoms with E-state index >= 15 is 0 Å². The molecule has 1 unspecified atom stereocenters. The lowest BCUT2D eigenvalue weighted by Crippen LogP contribution is -2.05. The van der Waals surface area contributed by atoms with E-state index in [-0.39, 0.29) is 6.04 Å². The van der Waals surface area contributed by atoms with E-state index in [4.69, 9.17) is 28.9 Å². The van der Waals surface area contributed by atoms with Gasteiger partial charge in [-0.2, -0.15) is 0 Å². The molecular weight excluding hydrogens is 273 g/mol.